The maximum atomic E-state index is 12.1. The third kappa shape index (κ3) is 2.74. The molecule has 1 aliphatic carbocycles. The predicted molar refractivity (Wildman–Crippen MR) is 65.5 cm³/mol. The largest absolute Gasteiger partial charge is 0.480 e. The summed E-state index contributed by atoms with van der Waals surface area (Å²) in [6.45, 7) is 1.87. The second kappa shape index (κ2) is 4.86. The quantitative estimate of drug-likeness (QED) is 0.766. The van der Waals surface area contributed by atoms with E-state index in [-0.39, 0.29) is 23.7 Å². The Bertz CT molecular complexity index is 333. The highest BCUT2D eigenvalue weighted by atomic mass is 32.2. The van der Waals surface area contributed by atoms with Crippen LogP contribution >= 0.6 is 11.8 Å². The van der Waals surface area contributed by atoms with Crippen molar-refractivity contribution in [2.24, 2.45) is 11.7 Å². The molecule has 17 heavy (non-hydrogen) atoms. The van der Waals surface area contributed by atoms with Gasteiger partial charge in [0.05, 0.1) is 5.37 Å². The van der Waals surface area contributed by atoms with Crippen LogP contribution in [0.1, 0.15) is 26.2 Å². The lowest BCUT2D eigenvalue weighted by molar-refractivity contribution is -0.149. The molecule has 3 N–H and O–H groups in total. The highest BCUT2D eigenvalue weighted by Gasteiger charge is 2.40. The Balaban J connectivity index is 1.97. The number of rotatable bonds is 4. The Morgan fingerprint density at radius 2 is 2.18 bits per heavy atom. The molecular weight excluding hydrogens is 240 g/mol. The van der Waals surface area contributed by atoms with Gasteiger partial charge in [-0.15, -0.1) is 11.8 Å². The van der Waals surface area contributed by atoms with Gasteiger partial charge < -0.3 is 15.7 Å². The normalized spacial score (nSPS) is 30.4. The maximum Gasteiger partial charge on any atom is 0.327 e. The SMILES string of the molecule is CC1SCC(C(=O)O)N1C(=O)CC(N)C1CC1. The molecule has 0 aromatic carbocycles. The van der Waals surface area contributed by atoms with Gasteiger partial charge in [-0.2, -0.15) is 0 Å². The Morgan fingerprint density at radius 3 is 2.71 bits per heavy atom. The third-order valence-electron chi connectivity index (χ3n) is 3.43. The van der Waals surface area contributed by atoms with E-state index in [0.29, 0.717) is 11.7 Å². The molecule has 3 unspecified atom stereocenters. The second-order valence-electron chi connectivity index (χ2n) is 4.79. The molecule has 2 aliphatic rings. The van der Waals surface area contributed by atoms with Gasteiger partial charge in [-0.1, -0.05) is 0 Å². The summed E-state index contributed by atoms with van der Waals surface area (Å²) in [5, 5.41) is 9.01. The van der Waals surface area contributed by atoms with Crippen molar-refractivity contribution in [1.29, 1.82) is 0 Å². The van der Waals surface area contributed by atoms with Crippen molar-refractivity contribution in [2.45, 2.75) is 43.6 Å². The van der Waals surface area contributed by atoms with Crippen molar-refractivity contribution < 1.29 is 14.7 Å². The van der Waals surface area contributed by atoms with Gasteiger partial charge in [-0.3, -0.25) is 4.79 Å². The number of nitrogens with two attached hydrogens (primary N) is 1. The minimum atomic E-state index is -0.921. The molecule has 2 rings (SSSR count). The van der Waals surface area contributed by atoms with Gasteiger partial charge in [0.25, 0.3) is 0 Å². The molecule has 1 saturated heterocycles. The zero-order valence-corrected chi connectivity index (χ0v) is 10.7. The third-order valence-corrected chi connectivity index (χ3v) is 4.65. The summed E-state index contributed by atoms with van der Waals surface area (Å²) in [5.41, 5.74) is 5.91. The maximum absolute atomic E-state index is 12.1. The Hall–Kier alpha value is -0.750. The molecule has 0 bridgehead atoms. The van der Waals surface area contributed by atoms with Crippen molar-refractivity contribution in [2.75, 3.05) is 5.75 Å². The van der Waals surface area contributed by atoms with Crippen molar-refractivity contribution in [3.8, 4) is 0 Å². The number of aliphatic carboxylic acids is 1. The first-order chi connectivity index (χ1) is 8.00. The van der Waals surface area contributed by atoms with Crippen LogP contribution in [0, 0.1) is 5.92 Å². The van der Waals surface area contributed by atoms with Crippen LogP contribution in [-0.4, -0.2) is 45.1 Å². The number of carbonyl (C=O) groups is 2. The van der Waals surface area contributed by atoms with Crippen molar-refractivity contribution in [3.63, 3.8) is 0 Å². The van der Waals surface area contributed by atoms with Crippen LogP contribution in [0.4, 0.5) is 0 Å². The minimum absolute atomic E-state index is 0.0602. The lowest BCUT2D eigenvalue weighted by Crippen LogP contribution is -2.46. The number of hydrogen-bond donors (Lipinski definition) is 2. The number of carbonyl (C=O) groups excluding carboxylic acids is 1. The average molecular weight is 258 g/mol. The number of nitrogens with zero attached hydrogens (tertiary/aromatic N) is 1. The van der Waals surface area contributed by atoms with Gasteiger partial charge in [0.2, 0.25) is 5.91 Å². The molecule has 1 saturated carbocycles. The molecule has 1 amide bonds. The van der Waals surface area contributed by atoms with E-state index in [2.05, 4.69) is 0 Å². The predicted octanol–water partition coefficient (Wildman–Crippen LogP) is 0.488. The summed E-state index contributed by atoms with van der Waals surface area (Å²) in [5.74, 6) is -0.0988. The van der Waals surface area contributed by atoms with Gasteiger partial charge in [0, 0.05) is 18.2 Å². The zero-order chi connectivity index (χ0) is 12.6. The molecule has 5 nitrogen and oxygen atoms in total. The van der Waals surface area contributed by atoms with E-state index < -0.39 is 12.0 Å². The van der Waals surface area contributed by atoms with E-state index in [1.54, 1.807) is 0 Å². The first kappa shape index (κ1) is 12.7. The van der Waals surface area contributed by atoms with Crippen molar-refractivity contribution >= 4 is 23.6 Å². The second-order valence-corrected chi connectivity index (χ2v) is 6.14. The van der Waals surface area contributed by atoms with E-state index in [1.165, 1.54) is 16.7 Å². The van der Waals surface area contributed by atoms with Crippen LogP contribution in [0.25, 0.3) is 0 Å². The van der Waals surface area contributed by atoms with Crippen molar-refractivity contribution in [1.82, 2.24) is 4.90 Å². The molecular formula is C11H18N2O3S. The van der Waals surface area contributed by atoms with E-state index in [0.717, 1.165) is 12.8 Å². The summed E-state index contributed by atoms with van der Waals surface area (Å²) in [7, 11) is 0. The van der Waals surface area contributed by atoms with E-state index in [9.17, 15) is 9.59 Å². The fourth-order valence-corrected chi connectivity index (χ4v) is 3.40. The smallest absolute Gasteiger partial charge is 0.327 e. The highest BCUT2D eigenvalue weighted by molar-refractivity contribution is 8.00. The molecule has 0 aromatic heterocycles. The summed E-state index contributed by atoms with van der Waals surface area (Å²) < 4.78 is 0. The molecule has 0 radical (unpaired) electrons. The molecule has 6 heteroatoms. The molecule has 1 aliphatic heterocycles. The van der Waals surface area contributed by atoms with E-state index in [1.807, 2.05) is 6.92 Å². The van der Waals surface area contributed by atoms with Gasteiger partial charge in [-0.05, 0) is 25.7 Å². The standard InChI is InChI=1S/C11H18N2O3S/c1-6-13(9(5-17-6)11(15)16)10(14)4-8(12)7-2-3-7/h6-9H,2-5,12H2,1H3,(H,15,16). The summed E-state index contributed by atoms with van der Waals surface area (Å²) >= 11 is 1.50. The number of hydrogen-bond acceptors (Lipinski definition) is 4. The van der Waals surface area contributed by atoms with Crippen molar-refractivity contribution in [3.05, 3.63) is 0 Å². The van der Waals surface area contributed by atoms with Crippen LogP contribution in [0.3, 0.4) is 0 Å². The van der Waals surface area contributed by atoms with Gasteiger partial charge >= 0.3 is 5.97 Å². The summed E-state index contributed by atoms with van der Waals surface area (Å²) in [4.78, 5) is 24.6. The van der Waals surface area contributed by atoms with Gasteiger partial charge in [-0.25, -0.2) is 4.79 Å². The summed E-state index contributed by atoms with van der Waals surface area (Å²) in [6, 6.07) is -0.788. The Morgan fingerprint density at radius 1 is 1.53 bits per heavy atom. The van der Waals surface area contributed by atoms with Crippen LogP contribution in [0.5, 0.6) is 0 Å². The van der Waals surface area contributed by atoms with E-state index >= 15 is 0 Å². The Labute approximate surface area is 105 Å². The average Bonchev–Trinajstić information content (AvgIpc) is 3.01. The molecule has 2 fully saturated rings. The lowest BCUT2D eigenvalue weighted by Gasteiger charge is -2.26. The molecule has 1 heterocycles. The number of carboxylic acids is 1. The van der Waals surface area contributed by atoms with Gasteiger partial charge in [0.1, 0.15) is 6.04 Å². The molecule has 96 valence electrons. The first-order valence-electron chi connectivity index (χ1n) is 5.92. The molecule has 0 aromatic rings. The minimum Gasteiger partial charge on any atom is -0.480 e. The van der Waals surface area contributed by atoms with Crippen LogP contribution in [-0.2, 0) is 9.59 Å². The Kier molecular flexibility index (Phi) is 3.63. The van der Waals surface area contributed by atoms with E-state index in [4.69, 9.17) is 10.8 Å². The number of amides is 1. The number of carboxylic acid groups (broad SMARTS) is 1. The topological polar surface area (TPSA) is 83.6 Å². The van der Waals surface area contributed by atoms with Crippen LogP contribution < -0.4 is 5.73 Å². The monoisotopic (exact) mass is 258 g/mol. The molecule has 0 spiro atoms. The fraction of sp³-hybridized carbons (Fsp3) is 0.818. The van der Waals surface area contributed by atoms with Crippen LogP contribution in [0.15, 0.2) is 0 Å². The fourth-order valence-electron chi connectivity index (χ4n) is 2.21. The lowest BCUT2D eigenvalue weighted by atomic mass is 10.1. The summed E-state index contributed by atoms with van der Waals surface area (Å²) in [6.07, 6.45) is 2.47. The number of thioether (sulfide) groups is 1. The molecule has 3 atom stereocenters. The zero-order valence-electron chi connectivity index (χ0n) is 9.83. The van der Waals surface area contributed by atoms with Gasteiger partial charge in [0.15, 0.2) is 0 Å². The first-order valence-corrected chi connectivity index (χ1v) is 6.96. The van der Waals surface area contributed by atoms with Crippen LogP contribution in [0.2, 0.25) is 0 Å². The highest BCUT2D eigenvalue weighted by Crippen LogP contribution is 2.34.